The van der Waals surface area contributed by atoms with Crippen LogP contribution in [0.3, 0.4) is 0 Å². The molecule has 0 aliphatic rings. The number of para-hydroxylation sites is 1. The molecular formula is C12H9ClFN. The second-order valence-electron chi connectivity index (χ2n) is 3.19. The zero-order chi connectivity index (χ0) is 10.8. The Labute approximate surface area is 92.3 Å². The lowest BCUT2D eigenvalue weighted by Crippen LogP contribution is -1.92. The number of hydrogen-bond acceptors (Lipinski definition) is 1. The molecule has 0 bridgehead atoms. The number of rotatable bonds is 1. The van der Waals surface area contributed by atoms with Gasteiger partial charge in [0.05, 0.1) is 5.02 Å². The van der Waals surface area contributed by atoms with Crippen molar-refractivity contribution in [1.29, 1.82) is 0 Å². The first-order chi connectivity index (χ1) is 7.20. The minimum absolute atomic E-state index is 0.107. The maximum atomic E-state index is 13.7. The Morgan fingerprint density at radius 2 is 1.60 bits per heavy atom. The number of halogens is 2. The van der Waals surface area contributed by atoms with Gasteiger partial charge in [-0.1, -0.05) is 41.9 Å². The molecule has 2 aromatic rings. The van der Waals surface area contributed by atoms with Crippen LogP contribution in [-0.2, 0) is 0 Å². The van der Waals surface area contributed by atoms with Crippen LogP contribution >= 0.6 is 11.6 Å². The molecule has 2 N–H and O–H groups in total. The second-order valence-corrected chi connectivity index (χ2v) is 3.60. The molecule has 0 spiro atoms. The maximum Gasteiger partial charge on any atom is 0.149 e. The number of nitrogen functional groups attached to an aromatic ring is 1. The van der Waals surface area contributed by atoms with E-state index in [0.29, 0.717) is 16.8 Å². The van der Waals surface area contributed by atoms with Crippen molar-refractivity contribution in [1.82, 2.24) is 0 Å². The van der Waals surface area contributed by atoms with Crippen LogP contribution in [0.1, 0.15) is 0 Å². The SMILES string of the molecule is Nc1ccccc1-c1cccc(Cl)c1F. The van der Waals surface area contributed by atoms with E-state index in [1.165, 1.54) is 6.07 Å². The van der Waals surface area contributed by atoms with E-state index in [-0.39, 0.29) is 5.02 Å². The molecule has 0 radical (unpaired) electrons. The van der Waals surface area contributed by atoms with Crippen molar-refractivity contribution >= 4 is 17.3 Å². The standard InChI is InChI=1S/C12H9ClFN/c13-10-6-3-5-9(12(10)14)8-4-1-2-7-11(8)15/h1-7H,15H2. The van der Waals surface area contributed by atoms with Crippen LogP contribution in [0.15, 0.2) is 42.5 Å². The van der Waals surface area contributed by atoms with Gasteiger partial charge in [0.25, 0.3) is 0 Å². The van der Waals surface area contributed by atoms with Gasteiger partial charge >= 0.3 is 0 Å². The molecule has 76 valence electrons. The average Bonchev–Trinajstić information content (AvgIpc) is 2.23. The van der Waals surface area contributed by atoms with Crippen LogP contribution in [0.5, 0.6) is 0 Å². The summed E-state index contributed by atoms with van der Waals surface area (Å²) in [7, 11) is 0. The van der Waals surface area contributed by atoms with Gasteiger partial charge in [-0.05, 0) is 12.1 Å². The summed E-state index contributed by atoms with van der Waals surface area (Å²) in [6.07, 6.45) is 0. The Morgan fingerprint density at radius 3 is 2.33 bits per heavy atom. The third-order valence-electron chi connectivity index (χ3n) is 2.20. The lowest BCUT2D eigenvalue weighted by molar-refractivity contribution is 0.632. The van der Waals surface area contributed by atoms with Crippen molar-refractivity contribution in [2.24, 2.45) is 0 Å². The van der Waals surface area contributed by atoms with Crippen molar-refractivity contribution in [3.63, 3.8) is 0 Å². The van der Waals surface area contributed by atoms with Gasteiger partial charge in [0.15, 0.2) is 0 Å². The minimum Gasteiger partial charge on any atom is -0.398 e. The largest absolute Gasteiger partial charge is 0.398 e. The molecule has 0 amide bonds. The van der Waals surface area contributed by atoms with Gasteiger partial charge in [-0.2, -0.15) is 0 Å². The van der Waals surface area contributed by atoms with Gasteiger partial charge in [0.1, 0.15) is 5.82 Å². The van der Waals surface area contributed by atoms with Gasteiger partial charge < -0.3 is 5.73 Å². The summed E-state index contributed by atoms with van der Waals surface area (Å²) in [5, 5.41) is 0.107. The smallest absolute Gasteiger partial charge is 0.149 e. The van der Waals surface area contributed by atoms with E-state index in [9.17, 15) is 4.39 Å². The summed E-state index contributed by atoms with van der Waals surface area (Å²) in [5.41, 5.74) is 7.40. The molecule has 0 aliphatic heterocycles. The molecule has 0 fully saturated rings. The molecular weight excluding hydrogens is 213 g/mol. The second kappa shape index (κ2) is 3.91. The van der Waals surface area contributed by atoms with Crippen LogP contribution in [0.2, 0.25) is 5.02 Å². The highest BCUT2D eigenvalue weighted by Gasteiger charge is 2.09. The monoisotopic (exact) mass is 221 g/mol. The minimum atomic E-state index is -0.433. The number of hydrogen-bond donors (Lipinski definition) is 1. The topological polar surface area (TPSA) is 26.0 Å². The quantitative estimate of drug-likeness (QED) is 0.730. The Hall–Kier alpha value is -1.54. The molecule has 2 aromatic carbocycles. The highest BCUT2D eigenvalue weighted by molar-refractivity contribution is 6.31. The molecule has 2 rings (SSSR count). The molecule has 1 nitrogen and oxygen atoms in total. The molecule has 0 aromatic heterocycles. The summed E-state index contributed by atoms with van der Waals surface area (Å²) >= 11 is 5.70. The zero-order valence-corrected chi connectivity index (χ0v) is 8.63. The molecule has 0 atom stereocenters. The molecule has 15 heavy (non-hydrogen) atoms. The number of nitrogens with two attached hydrogens (primary N) is 1. The lowest BCUT2D eigenvalue weighted by Gasteiger charge is -2.07. The molecule has 0 aliphatic carbocycles. The van der Waals surface area contributed by atoms with E-state index in [2.05, 4.69) is 0 Å². The highest BCUT2D eigenvalue weighted by Crippen LogP contribution is 2.30. The van der Waals surface area contributed by atoms with E-state index >= 15 is 0 Å². The van der Waals surface area contributed by atoms with E-state index in [1.807, 2.05) is 6.07 Å². The Bertz CT molecular complexity index is 497. The first-order valence-corrected chi connectivity index (χ1v) is 4.87. The summed E-state index contributed by atoms with van der Waals surface area (Å²) < 4.78 is 13.7. The predicted molar refractivity (Wildman–Crippen MR) is 61.3 cm³/mol. The predicted octanol–water partition coefficient (Wildman–Crippen LogP) is 3.73. The normalized spacial score (nSPS) is 10.3. The van der Waals surface area contributed by atoms with E-state index in [0.717, 1.165) is 0 Å². The van der Waals surface area contributed by atoms with Crippen LogP contribution < -0.4 is 5.73 Å². The van der Waals surface area contributed by atoms with Gasteiger partial charge in [0, 0.05) is 16.8 Å². The fourth-order valence-electron chi connectivity index (χ4n) is 1.45. The summed E-state index contributed by atoms with van der Waals surface area (Å²) in [5.74, 6) is -0.433. The Balaban J connectivity index is 2.65. The van der Waals surface area contributed by atoms with Gasteiger partial charge in [-0.25, -0.2) is 4.39 Å². The van der Waals surface area contributed by atoms with Crippen LogP contribution in [0.25, 0.3) is 11.1 Å². The number of benzene rings is 2. The van der Waals surface area contributed by atoms with Crippen LogP contribution in [0, 0.1) is 5.82 Å². The highest BCUT2D eigenvalue weighted by atomic mass is 35.5. The van der Waals surface area contributed by atoms with E-state index in [1.54, 1.807) is 30.3 Å². The van der Waals surface area contributed by atoms with Gasteiger partial charge in [0.2, 0.25) is 0 Å². The van der Waals surface area contributed by atoms with E-state index < -0.39 is 5.82 Å². The fourth-order valence-corrected chi connectivity index (χ4v) is 1.63. The average molecular weight is 222 g/mol. The molecule has 0 saturated carbocycles. The van der Waals surface area contributed by atoms with Crippen molar-refractivity contribution < 1.29 is 4.39 Å². The molecule has 0 saturated heterocycles. The number of anilines is 1. The molecule has 0 unspecified atom stereocenters. The van der Waals surface area contributed by atoms with Crippen LogP contribution in [0.4, 0.5) is 10.1 Å². The van der Waals surface area contributed by atoms with Crippen molar-refractivity contribution in [2.75, 3.05) is 5.73 Å². The zero-order valence-electron chi connectivity index (χ0n) is 7.87. The molecule has 0 heterocycles. The fraction of sp³-hybridized carbons (Fsp3) is 0. The summed E-state index contributed by atoms with van der Waals surface area (Å²) in [6, 6.07) is 12.0. The Morgan fingerprint density at radius 1 is 0.933 bits per heavy atom. The van der Waals surface area contributed by atoms with E-state index in [4.69, 9.17) is 17.3 Å². The summed E-state index contributed by atoms with van der Waals surface area (Å²) in [6.45, 7) is 0. The van der Waals surface area contributed by atoms with Gasteiger partial charge in [-0.3, -0.25) is 0 Å². The van der Waals surface area contributed by atoms with Crippen molar-refractivity contribution in [3.8, 4) is 11.1 Å². The van der Waals surface area contributed by atoms with Gasteiger partial charge in [-0.15, -0.1) is 0 Å². The first kappa shape index (κ1) is 9.99. The first-order valence-electron chi connectivity index (χ1n) is 4.49. The third-order valence-corrected chi connectivity index (χ3v) is 2.49. The third kappa shape index (κ3) is 1.81. The Kier molecular flexibility index (Phi) is 2.60. The van der Waals surface area contributed by atoms with Crippen LogP contribution in [-0.4, -0.2) is 0 Å². The summed E-state index contributed by atoms with van der Waals surface area (Å²) in [4.78, 5) is 0. The van der Waals surface area contributed by atoms with Crippen molar-refractivity contribution in [3.05, 3.63) is 53.3 Å². The van der Waals surface area contributed by atoms with Crippen molar-refractivity contribution in [2.45, 2.75) is 0 Å². The maximum absolute atomic E-state index is 13.7. The molecule has 3 heteroatoms. The lowest BCUT2D eigenvalue weighted by atomic mass is 10.0.